The van der Waals surface area contributed by atoms with Gasteiger partial charge in [0.25, 0.3) is 0 Å². The molecule has 0 saturated carbocycles. The Labute approximate surface area is 159 Å². The molecule has 0 radical (unpaired) electrons. The summed E-state index contributed by atoms with van der Waals surface area (Å²) in [5.74, 6) is 0. The molecule has 1 heterocycles. The maximum Gasteiger partial charge on any atom is 0.323 e. The number of anilines is 2. The number of rotatable bonds is 4. The molecular formula is C23H23N3O. The zero-order valence-electron chi connectivity index (χ0n) is 15.4. The number of hydrogen-bond acceptors (Lipinski definition) is 2. The molecule has 1 aliphatic rings. The molecule has 0 aromatic heterocycles. The number of fused-ring (bicyclic) bond motifs is 1. The Balaban J connectivity index is 1.38. The van der Waals surface area contributed by atoms with Crippen LogP contribution in [0.3, 0.4) is 0 Å². The van der Waals surface area contributed by atoms with Gasteiger partial charge >= 0.3 is 6.03 Å². The Kier molecular flexibility index (Phi) is 4.90. The van der Waals surface area contributed by atoms with Crippen LogP contribution in [-0.2, 0) is 19.6 Å². The van der Waals surface area contributed by atoms with Crippen molar-refractivity contribution >= 4 is 17.4 Å². The van der Waals surface area contributed by atoms with E-state index in [1.807, 2.05) is 43.3 Å². The first kappa shape index (κ1) is 17.3. The second kappa shape index (κ2) is 7.64. The second-order valence-electron chi connectivity index (χ2n) is 7.06. The molecule has 0 spiro atoms. The fourth-order valence-corrected chi connectivity index (χ4v) is 3.51. The second-order valence-corrected chi connectivity index (χ2v) is 7.06. The van der Waals surface area contributed by atoms with Crippen LogP contribution in [0, 0.1) is 6.92 Å². The van der Waals surface area contributed by atoms with Gasteiger partial charge in [-0.2, -0.15) is 0 Å². The van der Waals surface area contributed by atoms with Crippen molar-refractivity contribution in [3.63, 3.8) is 0 Å². The van der Waals surface area contributed by atoms with Crippen LogP contribution in [0.2, 0.25) is 0 Å². The first-order valence-electron chi connectivity index (χ1n) is 9.18. The van der Waals surface area contributed by atoms with Gasteiger partial charge in [0.15, 0.2) is 0 Å². The number of amides is 2. The van der Waals surface area contributed by atoms with Gasteiger partial charge in [0, 0.05) is 31.0 Å². The van der Waals surface area contributed by atoms with Crippen LogP contribution in [0.4, 0.5) is 16.2 Å². The Morgan fingerprint density at radius 3 is 2.37 bits per heavy atom. The predicted octanol–water partition coefficient (Wildman–Crippen LogP) is 5.15. The van der Waals surface area contributed by atoms with E-state index < -0.39 is 0 Å². The zero-order chi connectivity index (χ0) is 18.6. The largest absolute Gasteiger partial charge is 0.323 e. The fourth-order valence-electron chi connectivity index (χ4n) is 3.51. The topological polar surface area (TPSA) is 44.4 Å². The standard InChI is InChI=1S/C23H23N3O/c1-17-6-5-9-21(12-17)24-23(27)25-22-11-10-19-15-26(16-20(19)13-22)14-18-7-3-2-4-8-18/h2-13H,14-16H2,1H3,(H2,24,25,27). The number of nitrogens with zero attached hydrogens (tertiary/aromatic N) is 1. The lowest BCUT2D eigenvalue weighted by atomic mass is 10.1. The summed E-state index contributed by atoms with van der Waals surface area (Å²) >= 11 is 0. The van der Waals surface area contributed by atoms with Gasteiger partial charge in [-0.05, 0) is 53.4 Å². The minimum absolute atomic E-state index is 0.223. The third kappa shape index (κ3) is 4.36. The zero-order valence-corrected chi connectivity index (χ0v) is 15.4. The van der Waals surface area contributed by atoms with Gasteiger partial charge in [-0.1, -0.05) is 48.5 Å². The van der Waals surface area contributed by atoms with E-state index in [1.165, 1.54) is 16.7 Å². The molecule has 0 saturated heterocycles. The molecule has 4 heteroatoms. The average molecular weight is 357 g/mol. The van der Waals surface area contributed by atoms with E-state index in [-0.39, 0.29) is 6.03 Å². The molecule has 136 valence electrons. The molecule has 0 atom stereocenters. The molecule has 0 bridgehead atoms. The van der Waals surface area contributed by atoms with Gasteiger partial charge in [-0.25, -0.2) is 4.79 Å². The number of carbonyl (C=O) groups excluding carboxylic acids is 1. The van der Waals surface area contributed by atoms with E-state index >= 15 is 0 Å². The molecule has 3 aromatic carbocycles. The number of nitrogens with one attached hydrogen (secondary N) is 2. The van der Waals surface area contributed by atoms with Crippen molar-refractivity contribution in [2.45, 2.75) is 26.6 Å². The van der Waals surface area contributed by atoms with Gasteiger partial charge in [0.05, 0.1) is 0 Å². The molecular weight excluding hydrogens is 334 g/mol. The maximum atomic E-state index is 12.3. The molecule has 3 aromatic rings. The van der Waals surface area contributed by atoms with E-state index in [0.29, 0.717) is 0 Å². The van der Waals surface area contributed by atoms with E-state index in [2.05, 4.69) is 51.9 Å². The number of benzene rings is 3. The van der Waals surface area contributed by atoms with E-state index in [9.17, 15) is 4.79 Å². The Morgan fingerprint density at radius 1 is 0.852 bits per heavy atom. The summed E-state index contributed by atoms with van der Waals surface area (Å²) in [7, 11) is 0. The van der Waals surface area contributed by atoms with Crippen molar-refractivity contribution < 1.29 is 4.79 Å². The van der Waals surface area contributed by atoms with Gasteiger partial charge in [-0.15, -0.1) is 0 Å². The number of urea groups is 1. The van der Waals surface area contributed by atoms with Crippen LogP contribution < -0.4 is 10.6 Å². The monoisotopic (exact) mass is 357 g/mol. The van der Waals surface area contributed by atoms with Crippen LogP contribution >= 0.6 is 0 Å². The summed E-state index contributed by atoms with van der Waals surface area (Å²) in [5.41, 5.74) is 6.66. The summed E-state index contributed by atoms with van der Waals surface area (Å²) in [6, 6.07) is 24.2. The third-order valence-electron chi connectivity index (χ3n) is 4.78. The predicted molar refractivity (Wildman–Crippen MR) is 110 cm³/mol. The van der Waals surface area contributed by atoms with Gasteiger partial charge in [0.2, 0.25) is 0 Å². The first-order valence-corrected chi connectivity index (χ1v) is 9.18. The van der Waals surface area contributed by atoms with Gasteiger partial charge in [-0.3, -0.25) is 4.90 Å². The summed E-state index contributed by atoms with van der Waals surface area (Å²) in [5, 5.41) is 5.82. The molecule has 0 fully saturated rings. The van der Waals surface area contributed by atoms with Crippen molar-refractivity contribution in [3.8, 4) is 0 Å². The third-order valence-corrected chi connectivity index (χ3v) is 4.78. The Hall–Kier alpha value is -3.11. The molecule has 1 aliphatic heterocycles. The van der Waals surface area contributed by atoms with Crippen LogP contribution in [0.25, 0.3) is 0 Å². The molecule has 2 amide bonds. The van der Waals surface area contributed by atoms with Crippen molar-refractivity contribution in [2.75, 3.05) is 10.6 Å². The van der Waals surface area contributed by atoms with Crippen molar-refractivity contribution in [1.82, 2.24) is 4.90 Å². The summed E-state index contributed by atoms with van der Waals surface area (Å²) in [6.07, 6.45) is 0. The van der Waals surface area contributed by atoms with Crippen LogP contribution in [-0.4, -0.2) is 10.9 Å². The quantitative estimate of drug-likeness (QED) is 0.678. The lowest BCUT2D eigenvalue weighted by Crippen LogP contribution is -2.19. The van der Waals surface area contributed by atoms with Crippen molar-refractivity contribution in [3.05, 3.63) is 95.1 Å². The highest BCUT2D eigenvalue weighted by atomic mass is 16.2. The van der Waals surface area contributed by atoms with E-state index in [0.717, 1.165) is 36.6 Å². The molecule has 27 heavy (non-hydrogen) atoms. The summed E-state index contributed by atoms with van der Waals surface area (Å²) < 4.78 is 0. The molecule has 0 unspecified atom stereocenters. The highest BCUT2D eigenvalue weighted by Gasteiger charge is 2.19. The molecule has 0 aliphatic carbocycles. The van der Waals surface area contributed by atoms with Gasteiger partial charge in [0.1, 0.15) is 0 Å². The lowest BCUT2D eigenvalue weighted by Gasteiger charge is -2.14. The summed E-state index contributed by atoms with van der Waals surface area (Å²) in [6.45, 7) is 4.79. The smallest absolute Gasteiger partial charge is 0.308 e. The summed E-state index contributed by atoms with van der Waals surface area (Å²) in [4.78, 5) is 14.7. The van der Waals surface area contributed by atoms with Crippen LogP contribution in [0.5, 0.6) is 0 Å². The highest BCUT2D eigenvalue weighted by molar-refractivity contribution is 5.99. The number of carbonyl (C=O) groups is 1. The molecule has 4 nitrogen and oxygen atoms in total. The van der Waals surface area contributed by atoms with Crippen LogP contribution in [0.15, 0.2) is 72.8 Å². The first-order chi connectivity index (χ1) is 13.2. The molecule has 2 N–H and O–H groups in total. The minimum Gasteiger partial charge on any atom is -0.308 e. The highest BCUT2D eigenvalue weighted by Crippen LogP contribution is 2.27. The van der Waals surface area contributed by atoms with E-state index in [1.54, 1.807) is 0 Å². The van der Waals surface area contributed by atoms with Crippen LogP contribution in [0.1, 0.15) is 22.3 Å². The Bertz CT molecular complexity index is 953. The fraction of sp³-hybridized carbons (Fsp3) is 0.174. The van der Waals surface area contributed by atoms with E-state index in [4.69, 9.17) is 0 Å². The molecule has 4 rings (SSSR count). The maximum absolute atomic E-state index is 12.3. The number of aryl methyl sites for hydroxylation is 1. The minimum atomic E-state index is -0.223. The lowest BCUT2D eigenvalue weighted by molar-refractivity contribution is 0.262. The van der Waals surface area contributed by atoms with Crippen molar-refractivity contribution in [1.29, 1.82) is 0 Å². The number of hydrogen-bond donors (Lipinski definition) is 2. The van der Waals surface area contributed by atoms with Gasteiger partial charge < -0.3 is 10.6 Å². The average Bonchev–Trinajstić information content (AvgIpc) is 3.04. The Morgan fingerprint density at radius 2 is 1.59 bits per heavy atom. The van der Waals surface area contributed by atoms with Crippen molar-refractivity contribution in [2.24, 2.45) is 0 Å². The normalized spacial score (nSPS) is 13.2. The SMILES string of the molecule is Cc1cccc(NC(=O)Nc2ccc3c(c2)CN(Cc2ccccc2)C3)c1.